The fraction of sp³-hybridized carbons (Fsp3) is 0.286. The van der Waals surface area contributed by atoms with Gasteiger partial charge in [-0.2, -0.15) is 4.98 Å². The molecule has 0 aliphatic rings. The van der Waals surface area contributed by atoms with Crippen molar-refractivity contribution in [2.45, 2.75) is 25.9 Å². The van der Waals surface area contributed by atoms with Gasteiger partial charge < -0.3 is 28.6 Å². The molecule has 188 valence electrons. The third-order valence-corrected chi connectivity index (χ3v) is 5.72. The Morgan fingerprint density at radius 3 is 2.56 bits per heavy atom. The normalized spacial score (nSPS) is 11.7. The van der Waals surface area contributed by atoms with Gasteiger partial charge in [-0.05, 0) is 54.8 Å². The Morgan fingerprint density at radius 2 is 1.81 bits per heavy atom. The highest BCUT2D eigenvalue weighted by Gasteiger charge is 2.18. The number of benzene rings is 3. The number of carbonyl (C=O) groups is 1. The molecule has 0 aliphatic heterocycles. The molecule has 36 heavy (non-hydrogen) atoms. The largest absolute Gasteiger partial charge is 0.497 e. The van der Waals surface area contributed by atoms with Crippen LogP contribution in [0.1, 0.15) is 18.9 Å². The standard InChI is InChI=1S/C28H30N2O6/c1-3-25(27(31)32)35-23-11-7-8-20(18-23)14-15-30(16-17-34-21-9-5-4-6-10-21)28-29-24-19-22(33-2)12-13-26(24)36-28/h4-13,18-19,25H,3,14-17H2,1-2H3,(H,31,32). The lowest BCUT2D eigenvalue weighted by Crippen LogP contribution is -2.30. The van der Waals surface area contributed by atoms with Crippen LogP contribution in [0.5, 0.6) is 17.2 Å². The molecule has 1 aromatic heterocycles. The quantitative estimate of drug-likeness (QED) is 0.273. The molecule has 1 N–H and O–H groups in total. The topological polar surface area (TPSA) is 94.3 Å². The number of nitrogens with zero attached hydrogens (tertiary/aromatic N) is 2. The zero-order valence-corrected chi connectivity index (χ0v) is 20.4. The van der Waals surface area contributed by atoms with Crippen molar-refractivity contribution in [1.82, 2.24) is 4.98 Å². The second-order valence-corrected chi connectivity index (χ2v) is 8.23. The zero-order valence-electron chi connectivity index (χ0n) is 20.4. The average Bonchev–Trinajstić information content (AvgIpc) is 3.33. The highest BCUT2D eigenvalue weighted by atomic mass is 16.5. The molecule has 4 rings (SSSR count). The van der Waals surface area contributed by atoms with Crippen LogP contribution in [0.3, 0.4) is 0 Å². The van der Waals surface area contributed by atoms with E-state index < -0.39 is 12.1 Å². The number of aliphatic carboxylic acids is 1. The molecule has 0 aliphatic carbocycles. The molecule has 1 atom stereocenters. The number of hydrogen-bond donors (Lipinski definition) is 1. The van der Waals surface area contributed by atoms with Gasteiger partial charge in [0.05, 0.1) is 13.7 Å². The van der Waals surface area contributed by atoms with Crippen molar-refractivity contribution in [3.05, 3.63) is 78.4 Å². The molecular formula is C28H30N2O6. The van der Waals surface area contributed by atoms with Gasteiger partial charge in [-0.1, -0.05) is 37.3 Å². The first-order valence-electron chi connectivity index (χ1n) is 11.9. The van der Waals surface area contributed by atoms with E-state index in [1.165, 1.54) is 0 Å². The van der Waals surface area contributed by atoms with Gasteiger partial charge in [-0.15, -0.1) is 0 Å². The number of anilines is 1. The number of oxazole rings is 1. The third-order valence-electron chi connectivity index (χ3n) is 5.72. The molecule has 3 aromatic carbocycles. The van der Waals surface area contributed by atoms with Gasteiger partial charge in [0.15, 0.2) is 11.7 Å². The van der Waals surface area contributed by atoms with E-state index in [1.807, 2.05) is 71.6 Å². The van der Waals surface area contributed by atoms with E-state index in [-0.39, 0.29) is 0 Å². The van der Waals surface area contributed by atoms with Crippen LogP contribution < -0.4 is 19.1 Å². The van der Waals surface area contributed by atoms with Crippen molar-refractivity contribution in [1.29, 1.82) is 0 Å². The first-order valence-corrected chi connectivity index (χ1v) is 11.9. The van der Waals surface area contributed by atoms with E-state index in [2.05, 4.69) is 4.98 Å². The molecule has 0 fully saturated rings. The van der Waals surface area contributed by atoms with Crippen molar-refractivity contribution in [2.24, 2.45) is 0 Å². The number of ether oxygens (including phenoxy) is 3. The van der Waals surface area contributed by atoms with Gasteiger partial charge >= 0.3 is 5.97 Å². The maximum Gasteiger partial charge on any atom is 0.344 e. The SMILES string of the molecule is CCC(Oc1cccc(CCN(CCOc2ccccc2)c2nc3cc(OC)ccc3o2)c1)C(=O)O. The number of carboxylic acids is 1. The lowest BCUT2D eigenvalue weighted by atomic mass is 10.1. The van der Waals surface area contributed by atoms with Crippen molar-refractivity contribution in [2.75, 3.05) is 31.7 Å². The summed E-state index contributed by atoms with van der Waals surface area (Å²) in [6.45, 7) is 3.41. The van der Waals surface area contributed by atoms with Crippen LogP contribution in [-0.4, -0.2) is 49.0 Å². The van der Waals surface area contributed by atoms with Crippen LogP contribution in [0.25, 0.3) is 11.1 Å². The lowest BCUT2D eigenvalue weighted by molar-refractivity contribution is -0.145. The number of hydrogen-bond acceptors (Lipinski definition) is 7. The fourth-order valence-electron chi connectivity index (χ4n) is 3.76. The second-order valence-electron chi connectivity index (χ2n) is 8.23. The second kappa shape index (κ2) is 12.0. The lowest BCUT2D eigenvalue weighted by Gasteiger charge is -2.21. The van der Waals surface area contributed by atoms with E-state index in [9.17, 15) is 9.90 Å². The van der Waals surface area contributed by atoms with Gasteiger partial charge in [-0.3, -0.25) is 0 Å². The molecule has 8 nitrogen and oxygen atoms in total. The Hall–Kier alpha value is -4.20. The van der Waals surface area contributed by atoms with Crippen molar-refractivity contribution in [3.63, 3.8) is 0 Å². The Balaban J connectivity index is 1.48. The predicted octanol–water partition coefficient (Wildman–Crippen LogP) is 5.21. The Kier molecular flexibility index (Phi) is 8.28. The van der Waals surface area contributed by atoms with E-state index in [0.29, 0.717) is 61.2 Å². The minimum Gasteiger partial charge on any atom is -0.497 e. The summed E-state index contributed by atoms with van der Waals surface area (Å²) in [5.74, 6) is 1.08. The zero-order chi connectivity index (χ0) is 25.3. The molecule has 8 heteroatoms. The van der Waals surface area contributed by atoms with Crippen LogP contribution in [0, 0.1) is 0 Å². The Labute approximate surface area is 210 Å². The molecule has 1 unspecified atom stereocenters. The number of methoxy groups -OCH3 is 1. The average molecular weight is 491 g/mol. The molecule has 0 saturated heterocycles. The minimum absolute atomic E-state index is 0.386. The molecule has 4 aromatic rings. The molecule has 0 saturated carbocycles. The molecule has 1 heterocycles. The van der Waals surface area contributed by atoms with Crippen molar-refractivity contribution < 1.29 is 28.5 Å². The van der Waals surface area contributed by atoms with E-state index in [0.717, 1.165) is 11.3 Å². The Bertz CT molecular complexity index is 1270. The number of para-hydroxylation sites is 1. The predicted molar refractivity (Wildman–Crippen MR) is 137 cm³/mol. The van der Waals surface area contributed by atoms with E-state index >= 15 is 0 Å². The van der Waals surface area contributed by atoms with Gasteiger partial charge in [0.1, 0.15) is 29.4 Å². The molecular weight excluding hydrogens is 460 g/mol. The van der Waals surface area contributed by atoms with Gasteiger partial charge in [0.25, 0.3) is 6.01 Å². The van der Waals surface area contributed by atoms with Crippen LogP contribution in [-0.2, 0) is 11.2 Å². The van der Waals surface area contributed by atoms with Crippen LogP contribution >= 0.6 is 0 Å². The first-order chi connectivity index (χ1) is 17.6. The molecule has 0 radical (unpaired) electrons. The molecule has 0 amide bonds. The highest BCUT2D eigenvalue weighted by Crippen LogP contribution is 2.26. The van der Waals surface area contributed by atoms with Gasteiger partial charge in [-0.25, -0.2) is 4.79 Å². The summed E-state index contributed by atoms with van der Waals surface area (Å²) in [7, 11) is 1.62. The summed E-state index contributed by atoms with van der Waals surface area (Å²) in [4.78, 5) is 18.1. The van der Waals surface area contributed by atoms with Crippen LogP contribution in [0.2, 0.25) is 0 Å². The highest BCUT2D eigenvalue weighted by molar-refractivity contribution is 5.76. The number of rotatable bonds is 13. The van der Waals surface area contributed by atoms with Crippen molar-refractivity contribution >= 4 is 23.1 Å². The van der Waals surface area contributed by atoms with Gasteiger partial charge in [0.2, 0.25) is 0 Å². The van der Waals surface area contributed by atoms with Crippen LogP contribution in [0.4, 0.5) is 6.01 Å². The van der Waals surface area contributed by atoms with E-state index in [1.54, 1.807) is 20.1 Å². The summed E-state index contributed by atoms with van der Waals surface area (Å²) in [5.41, 5.74) is 2.40. The monoisotopic (exact) mass is 490 g/mol. The smallest absolute Gasteiger partial charge is 0.344 e. The number of fused-ring (bicyclic) bond motifs is 1. The minimum atomic E-state index is -0.972. The first kappa shape index (κ1) is 24.9. The summed E-state index contributed by atoms with van der Waals surface area (Å²) in [6.07, 6.45) is 0.190. The summed E-state index contributed by atoms with van der Waals surface area (Å²) >= 11 is 0. The maximum absolute atomic E-state index is 11.3. The van der Waals surface area contributed by atoms with Gasteiger partial charge in [0, 0.05) is 12.6 Å². The molecule has 0 bridgehead atoms. The summed E-state index contributed by atoms with van der Waals surface area (Å²) < 4.78 is 22.9. The number of carboxylic acid groups (broad SMARTS) is 1. The fourth-order valence-corrected chi connectivity index (χ4v) is 3.76. The van der Waals surface area contributed by atoms with E-state index in [4.69, 9.17) is 18.6 Å². The summed E-state index contributed by atoms with van der Waals surface area (Å²) in [6, 6.07) is 23.2. The Morgan fingerprint density at radius 1 is 1.00 bits per heavy atom. The van der Waals surface area contributed by atoms with Crippen molar-refractivity contribution in [3.8, 4) is 17.2 Å². The molecule has 0 spiro atoms. The number of aromatic nitrogens is 1. The maximum atomic E-state index is 11.3. The van der Waals surface area contributed by atoms with Crippen LogP contribution in [0.15, 0.2) is 77.2 Å². The summed E-state index contributed by atoms with van der Waals surface area (Å²) in [5, 5.41) is 9.29. The third kappa shape index (κ3) is 6.47.